The molecule has 0 saturated carbocycles. The number of carbonyl (C=O) groups excluding carboxylic acids is 1. The van der Waals surface area contributed by atoms with Crippen molar-refractivity contribution in [1.29, 1.82) is 0 Å². The van der Waals surface area contributed by atoms with Gasteiger partial charge in [-0.2, -0.15) is 0 Å². The molecule has 1 aromatic rings. The van der Waals surface area contributed by atoms with Gasteiger partial charge >= 0.3 is 0 Å². The molecule has 150 valence electrons. The van der Waals surface area contributed by atoms with Crippen molar-refractivity contribution < 1.29 is 4.79 Å². The molecule has 0 radical (unpaired) electrons. The Morgan fingerprint density at radius 3 is 2.78 bits per heavy atom. The molecule has 4 nitrogen and oxygen atoms in total. The molecule has 5 heteroatoms. The molecule has 1 aromatic carbocycles. The number of likely N-dealkylation sites (tertiary alicyclic amines) is 1. The molecule has 0 aromatic heterocycles. The highest BCUT2D eigenvalue weighted by atomic mass is 35.5. The first-order valence-corrected chi connectivity index (χ1v) is 10.9. The van der Waals surface area contributed by atoms with Crippen LogP contribution in [0, 0.1) is 17.8 Å². The SMILES string of the molecule is CC(CC(=O)NCC1CCN(Cc2ccccc2Cl)CC1)C1CCCNC1. The molecule has 2 heterocycles. The van der Waals surface area contributed by atoms with Crippen LogP contribution in [0.3, 0.4) is 0 Å². The molecule has 0 aliphatic carbocycles. The Balaban J connectivity index is 1.33. The van der Waals surface area contributed by atoms with Gasteiger partial charge in [0, 0.05) is 24.5 Å². The van der Waals surface area contributed by atoms with Crippen molar-refractivity contribution in [3.63, 3.8) is 0 Å². The molecule has 2 unspecified atom stereocenters. The fourth-order valence-corrected chi connectivity index (χ4v) is 4.57. The van der Waals surface area contributed by atoms with Gasteiger partial charge in [0.05, 0.1) is 0 Å². The van der Waals surface area contributed by atoms with E-state index in [2.05, 4.69) is 28.5 Å². The zero-order valence-corrected chi connectivity index (χ0v) is 17.3. The second kappa shape index (κ2) is 10.4. The van der Waals surface area contributed by atoms with Gasteiger partial charge in [0.2, 0.25) is 5.91 Å². The highest BCUT2D eigenvalue weighted by Crippen LogP contribution is 2.24. The molecule has 2 saturated heterocycles. The molecule has 1 amide bonds. The van der Waals surface area contributed by atoms with Gasteiger partial charge in [-0.1, -0.05) is 36.7 Å². The lowest BCUT2D eigenvalue weighted by Crippen LogP contribution is -2.39. The predicted molar refractivity (Wildman–Crippen MR) is 112 cm³/mol. The number of amides is 1. The van der Waals surface area contributed by atoms with Gasteiger partial charge in [0.25, 0.3) is 0 Å². The van der Waals surface area contributed by atoms with Gasteiger partial charge in [0.1, 0.15) is 0 Å². The summed E-state index contributed by atoms with van der Waals surface area (Å²) in [5, 5.41) is 7.51. The second-order valence-electron chi connectivity index (χ2n) is 8.40. The third-order valence-electron chi connectivity index (χ3n) is 6.29. The number of halogens is 1. The Kier molecular flexibility index (Phi) is 7.98. The second-order valence-corrected chi connectivity index (χ2v) is 8.81. The molecule has 3 rings (SSSR count). The number of piperidine rings is 2. The zero-order valence-electron chi connectivity index (χ0n) is 16.6. The first-order valence-electron chi connectivity index (χ1n) is 10.5. The van der Waals surface area contributed by atoms with Crippen LogP contribution in [0.15, 0.2) is 24.3 Å². The van der Waals surface area contributed by atoms with Crippen LogP contribution < -0.4 is 10.6 Å². The summed E-state index contributed by atoms with van der Waals surface area (Å²) in [6.07, 6.45) is 5.45. The monoisotopic (exact) mass is 391 g/mol. The van der Waals surface area contributed by atoms with E-state index >= 15 is 0 Å². The number of hydrogen-bond acceptors (Lipinski definition) is 3. The molecule has 2 aliphatic heterocycles. The van der Waals surface area contributed by atoms with Gasteiger partial charge in [-0.25, -0.2) is 0 Å². The van der Waals surface area contributed by atoms with Crippen LogP contribution in [-0.2, 0) is 11.3 Å². The zero-order chi connectivity index (χ0) is 19.1. The van der Waals surface area contributed by atoms with Crippen molar-refractivity contribution in [2.24, 2.45) is 17.8 Å². The molecule has 27 heavy (non-hydrogen) atoms. The molecule has 2 N–H and O–H groups in total. The van der Waals surface area contributed by atoms with Crippen molar-refractivity contribution in [3.8, 4) is 0 Å². The number of nitrogens with one attached hydrogen (secondary N) is 2. The fraction of sp³-hybridized carbons (Fsp3) is 0.682. The minimum atomic E-state index is 0.228. The first kappa shape index (κ1) is 20.6. The third kappa shape index (κ3) is 6.48. The average molecular weight is 392 g/mol. The van der Waals surface area contributed by atoms with Gasteiger partial charge < -0.3 is 10.6 Å². The predicted octanol–water partition coefficient (Wildman–Crippen LogP) is 3.69. The molecular weight excluding hydrogens is 358 g/mol. The number of benzene rings is 1. The maximum Gasteiger partial charge on any atom is 0.220 e. The van der Waals surface area contributed by atoms with Crippen molar-refractivity contribution in [2.75, 3.05) is 32.7 Å². The largest absolute Gasteiger partial charge is 0.356 e. The number of nitrogens with zero attached hydrogens (tertiary/aromatic N) is 1. The Morgan fingerprint density at radius 2 is 2.07 bits per heavy atom. The van der Waals surface area contributed by atoms with Crippen LogP contribution in [0.1, 0.15) is 44.6 Å². The maximum absolute atomic E-state index is 12.3. The molecule has 2 atom stereocenters. The summed E-state index contributed by atoms with van der Waals surface area (Å²) in [6, 6.07) is 8.10. The Labute approximate surface area is 169 Å². The minimum absolute atomic E-state index is 0.228. The van der Waals surface area contributed by atoms with Gasteiger partial charge in [-0.05, 0) is 81.2 Å². The lowest BCUT2D eigenvalue weighted by atomic mass is 9.85. The van der Waals surface area contributed by atoms with E-state index in [9.17, 15) is 4.79 Å². The summed E-state index contributed by atoms with van der Waals surface area (Å²) in [5.41, 5.74) is 1.21. The van der Waals surface area contributed by atoms with Crippen LogP contribution in [0.5, 0.6) is 0 Å². The first-order chi connectivity index (χ1) is 13.1. The minimum Gasteiger partial charge on any atom is -0.356 e. The van der Waals surface area contributed by atoms with Gasteiger partial charge in [0.15, 0.2) is 0 Å². The van der Waals surface area contributed by atoms with Crippen molar-refractivity contribution in [1.82, 2.24) is 15.5 Å². The van der Waals surface area contributed by atoms with Crippen molar-refractivity contribution >= 4 is 17.5 Å². The standard InChI is InChI=1S/C22H34ClN3O/c1-17(19-6-4-10-24-15-19)13-22(27)25-14-18-8-11-26(12-9-18)16-20-5-2-3-7-21(20)23/h2-3,5,7,17-19,24H,4,6,8-16H2,1H3,(H,25,27). The molecule has 2 fully saturated rings. The quantitative estimate of drug-likeness (QED) is 0.744. The van der Waals surface area contributed by atoms with Crippen LogP contribution in [-0.4, -0.2) is 43.5 Å². The van der Waals surface area contributed by atoms with Crippen LogP contribution in [0.2, 0.25) is 5.02 Å². The third-order valence-corrected chi connectivity index (χ3v) is 6.66. The van der Waals surface area contributed by atoms with E-state index in [0.717, 1.165) is 57.1 Å². The molecule has 2 aliphatic rings. The molecule has 0 spiro atoms. The van der Waals surface area contributed by atoms with Crippen LogP contribution in [0.4, 0.5) is 0 Å². The summed E-state index contributed by atoms with van der Waals surface area (Å²) in [5.74, 6) is 1.95. The smallest absolute Gasteiger partial charge is 0.220 e. The Hall–Kier alpha value is -1.10. The van der Waals surface area contributed by atoms with E-state index in [1.165, 1.54) is 18.4 Å². The van der Waals surface area contributed by atoms with Gasteiger partial charge in [-0.15, -0.1) is 0 Å². The normalized spacial score (nSPS) is 23.1. The summed E-state index contributed by atoms with van der Waals surface area (Å²) < 4.78 is 0. The Morgan fingerprint density at radius 1 is 1.30 bits per heavy atom. The maximum atomic E-state index is 12.3. The lowest BCUT2D eigenvalue weighted by molar-refractivity contribution is -0.122. The lowest BCUT2D eigenvalue weighted by Gasteiger charge is -2.32. The molecular formula is C22H34ClN3O. The van der Waals surface area contributed by atoms with Crippen molar-refractivity contribution in [2.45, 2.75) is 45.6 Å². The van der Waals surface area contributed by atoms with E-state index in [4.69, 9.17) is 11.6 Å². The average Bonchev–Trinajstić information content (AvgIpc) is 2.70. The topological polar surface area (TPSA) is 44.4 Å². The van der Waals surface area contributed by atoms with Crippen molar-refractivity contribution in [3.05, 3.63) is 34.9 Å². The van der Waals surface area contributed by atoms with E-state index in [0.29, 0.717) is 24.2 Å². The van der Waals surface area contributed by atoms with E-state index in [1.807, 2.05) is 18.2 Å². The van der Waals surface area contributed by atoms with Crippen LogP contribution >= 0.6 is 11.6 Å². The highest BCUT2D eigenvalue weighted by molar-refractivity contribution is 6.31. The Bertz CT molecular complexity index is 595. The highest BCUT2D eigenvalue weighted by Gasteiger charge is 2.23. The summed E-state index contributed by atoms with van der Waals surface area (Å²) in [7, 11) is 0. The van der Waals surface area contributed by atoms with Gasteiger partial charge in [-0.3, -0.25) is 9.69 Å². The van der Waals surface area contributed by atoms with Crippen LogP contribution in [0.25, 0.3) is 0 Å². The molecule has 0 bridgehead atoms. The van der Waals surface area contributed by atoms with E-state index in [1.54, 1.807) is 0 Å². The van der Waals surface area contributed by atoms with E-state index < -0.39 is 0 Å². The number of carbonyl (C=O) groups is 1. The van der Waals surface area contributed by atoms with E-state index in [-0.39, 0.29) is 5.91 Å². The summed E-state index contributed by atoms with van der Waals surface area (Å²) >= 11 is 6.28. The number of hydrogen-bond donors (Lipinski definition) is 2. The number of rotatable bonds is 7. The fourth-order valence-electron chi connectivity index (χ4n) is 4.37. The summed E-state index contributed by atoms with van der Waals surface area (Å²) in [6.45, 7) is 8.33. The summed E-state index contributed by atoms with van der Waals surface area (Å²) in [4.78, 5) is 14.8.